The van der Waals surface area contributed by atoms with Gasteiger partial charge in [-0.3, -0.25) is 9.78 Å². The van der Waals surface area contributed by atoms with E-state index in [0.29, 0.717) is 11.1 Å². The summed E-state index contributed by atoms with van der Waals surface area (Å²) >= 11 is 0. The second kappa shape index (κ2) is 5.67. The van der Waals surface area contributed by atoms with Gasteiger partial charge in [-0.25, -0.2) is 8.78 Å². The summed E-state index contributed by atoms with van der Waals surface area (Å²) in [5.74, 6) is -0.490. The molecule has 94 valence electrons. The number of nitrogens with two attached hydrogens (primary N) is 1. The van der Waals surface area contributed by atoms with Crippen molar-refractivity contribution in [1.82, 2.24) is 4.98 Å². The topological polar surface area (TPSA) is 65.2 Å². The smallest absolute Gasteiger partial charge is 0.310 e. The number of ether oxygens (including phenoxy) is 1. The van der Waals surface area contributed by atoms with Gasteiger partial charge in [0.05, 0.1) is 19.2 Å². The molecule has 1 aromatic heterocycles. The minimum Gasteiger partial charge on any atom is -0.469 e. The lowest BCUT2D eigenvalue weighted by molar-refractivity contribution is -0.139. The lowest BCUT2D eigenvalue weighted by Gasteiger charge is -2.13. The number of alkyl halides is 2. The monoisotopic (exact) mass is 244 g/mol. The molecule has 17 heavy (non-hydrogen) atoms. The van der Waals surface area contributed by atoms with Gasteiger partial charge in [-0.2, -0.15) is 0 Å². The van der Waals surface area contributed by atoms with Crippen molar-refractivity contribution < 1.29 is 18.3 Å². The maximum absolute atomic E-state index is 12.9. The Morgan fingerprint density at radius 1 is 1.59 bits per heavy atom. The van der Waals surface area contributed by atoms with E-state index in [0.717, 1.165) is 0 Å². The van der Waals surface area contributed by atoms with E-state index in [1.165, 1.54) is 20.2 Å². The summed E-state index contributed by atoms with van der Waals surface area (Å²) in [5, 5.41) is 0. The first-order valence-electron chi connectivity index (χ1n) is 5.03. The van der Waals surface area contributed by atoms with Gasteiger partial charge in [0.1, 0.15) is 0 Å². The number of hydrogen-bond acceptors (Lipinski definition) is 4. The SMILES string of the molecule is COC(=O)Cc1cnc(CN)c(C(F)F)c1C. The Morgan fingerprint density at radius 3 is 2.71 bits per heavy atom. The lowest BCUT2D eigenvalue weighted by atomic mass is 10.0. The van der Waals surface area contributed by atoms with Crippen molar-refractivity contribution in [2.45, 2.75) is 26.3 Å². The third-order valence-corrected chi connectivity index (χ3v) is 2.55. The van der Waals surface area contributed by atoms with Crippen LogP contribution in [0, 0.1) is 6.92 Å². The molecular formula is C11H14F2N2O2. The fourth-order valence-electron chi connectivity index (χ4n) is 1.57. The number of hydrogen-bond donors (Lipinski definition) is 1. The first-order valence-corrected chi connectivity index (χ1v) is 5.03. The molecular weight excluding hydrogens is 230 g/mol. The Kier molecular flexibility index (Phi) is 4.51. The predicted octanol–water partition coefficient (Wildman–Crippen LogP) is 1.50. The van der Waals surface area contributed by atoms with Crippen LogP contribution in [0.2, 0.25) is 0 Å². The average molecular weight is 244 g/mol. The van der Waals surface area contributed by atoms with Crippen molar-refractivity contribution in [2.75, 3.05) is 7.11 Å². The molecule has 0 saturated heterocycles. The Hall–Kier alpha value is -1.56. The molecule has 2 N–H and O–H groups in total. The third kappa shape index (κ3) is 2.97. The zero-order chi connectivity index (χ0) is 13.0. The quantitative estimate of drug-likeness (QED) is 0.815. The molecule has 1 rings (SSSR count). The standard InChI is InChI=1S/C11H14F2N2O2/c1-6-7(3-9(16)17-2)5-15-8(4-14)10(6)11(12)13/h5,11H,3-4,14H2,1-2H3. The normalized spacial score (nSPS) is 10.7. The van der Waals surface area contributed by atoms with Crippen molar-refractivity contribution in [1.29, 1.82) is 0 Å². The Bertz CT molecular complexity index is 422. The molecule has 0 saturated carbocycles. The molecule has 6 heteroatoms. The van der Waals surface area contributed by atoms with Gasteiger partial charge in [0.25, 0.3) is 6.43 Å². The molecule has 0 spiro atoms. The molecule has 0 bridgehead atoms. The van der Waals surface area contributed by atoms with Gasteiger partial charge in [0, 0.05) is 18.3 Å². The largest absolute Gasteiger partial charge is 0.469 e. The summed E-state index contributed by atoms with van der Waals surface area (Å²) in [6.07, 6.45) is -1.33. The van der Waals surface area contributed by atoms with E-state index in [2.05, 4.69) is 9.72 Å². The number of carbonyl (C=O) groups is 1. The molecule has 0 fully saturated rings. The summed E-state index contributed by atoms with van der Waals surface area (Å²) < 4.78 is 30.2. The number of esters is 1. The number of nitrogens with zero attached hydrogens (tertiary/aromatic N) is 1. The van der Waals surface area contributed by atoms with Crippen molar-refractivity contribution in [3.05, 3.63) is 28.6 Å². The van der Waals surface area contributed by atoms with Crippen LogP contribution in [0.5, 0.6) is 0 Å². The van der Waals surface area contributed by atoms with Gasteiger partial charge in [-0.05, 0) is 18.1 Å². The summed E-state index contributed by atoms with van der Waals surface area (Å²) in [7, 11) is 1.24. The molecule has 0 aromatic carbocycles. The summed E-state index contributed by atoms with van der Waals surface area (Å²) in [6, 6.07) is 0. The number of rotatable bonds is 4. The highest BCUT2D eigenvalue weighted by atomic mass is 19.3. The van der Waals surface area contributed by atoms with Crippen LogP contribution >= 0.6 is 0 Å². The molecule has 1 heterocycles. The van der Waals surface area contributed by atoms with Crippen LogP contribution in [-0.4, -0.2) is 18.1 Å². The van der Waals surface area contributed by atoms with Gasteiger partial charge in [0.15, 0.2) is 0 Å². The number of halogens is 2. The van der Waals surface area contributed by atoms with E-state index in [1.807, 2.05) is 0 Å². The first-order chi connectivity index (χ1) is 8.01. The van der Waals surface area contributed by atoms with Crippen LogP contribution in [0.4, 0.5) is 8.78 Å². The maximum Gasteiger partial charge on any atom is 0.310 e. The average Bonchev–Trinajstić information content (AvgIpc) is 2.30. The van der Waals surface area contributed by atoms with E-state index in [9.17, 15) is 13.6 Å². The summed E-state index contributed by atoms with van der Waals surface area (Å²) in [4.78, 5) is 15.0. The molecule has 0 amide bonds. The van der Waals surface area contributed by atoms with Crippen LogP contribution in [-0.2, 0) is 22.5 Å². The summed E-state index contributed by atoms with van der Waals surface area (Å²) in [5.41, 5.74) is 6.10. The molecule has 0 aliphatic heterocycles. The van der Waals surface area contributed by atoms with E-state index >= 15 is 0 Å². The molecule has 0 unspecified atom stereocenters. The van der Waals surface area contributed by atoms with Gasteiger partial charge in [0.2, 0.25) is 0 Å². The minimum absolute atomic E-state index is 0.0565. The van der Waals surface area contributed by atoms with Crippen molar-refractivity contribution in [3.8, 4) is 0 Å². The Balaban J connectivity index is 3.18. The van der Waals surface area contributed by atoms with Crippen LogP contribution in [0.3, 0.4) is 0 Å². The minimum atomic E-state index is -2.65. The highest BCUT2D eigenvalue weighted by molar-refractivity contribution is 5.73. The van der Waals surface area contributed by atoms with E-state index < -0.39 is 12.4 Å². The number of carbonyl (C=O) groups excluding carboxylic acids is 1. The highest BCUT2D eigenvalue weighted by Gasteiger charge is 2.19. The maximum atomic E-state index is 12.9. The van der Waals surface area contributed by atoms with Crippen molar-refractivity contribution in [3.63, 3.8) is 0 Å². The van der Waals surface area contributed by atoms with Crippen LogP contribution in [0.25, 0.3) is 0 Å². The fourth-order valence-corrected chi connectivity index (χ4v) is 1.57. The molecule has 1 aromatic rings. The third-order valence-electron chi connectivity index (χ3n) is 2.55. The van der Waals surface area contributed by atoms with Crippen LogP contribution in [0.15, 0.2) is 6.20 Å². The second-order valence-corrected chi connectivity index (χ2v) is 3.53. The highest BCUT2D eigenvalue weighted by Crippen LogP contribution is 2.27. The molecule has 0 radical (unpaired) electrons. The first kappa shape index (κ1) is 13.5. The van der Waals surface area contributed by atoms with Gasteiger partial charge >= 0.3 is 5.97 Å². The van der Waals surface area contributed by atoms with E-state index in [1.54, 1.807) is 0 Å². The molecule has 0 aliphatic carbocycles. The van der Waals surface area contributed by atoms with Crippen LogP contribution < -0.4 is 5.73 Å². The fraction of sp³-hybridized carbons (Fsp3) is 0.455. The second-order valence-electron chi connectivity index (χ2n) is 3.53. The van der Waals surface area contributed by atoms with Gasteiger partial charge in [-0.1, -0.05) is 0 Å². The van der Waals surface area contributed by atoms with Crippen LogP contribution in [0.1, 0.15) is 28.8 Å². The lowest BCUT2D eigenvalue weighted by Crippen LogP contribution is -2.12. The Labute approximate surface area is 97.8 Å². The number of pyridine rings is 1. The molecule has 4 nitrogen and oxygen atoms in total. The van der Waals surface area contributed by atoms with Gasteiger partial charge < -0.3 is 10.5 Å². The number of methoxy groups -OCH3 is 1. The van der Waals surface area contributed by atoms with E-state index in [4.69, 9.17) is 5.73 Å². The number of aromatic nitrogens is 1. The summed E-state index contributed by atoms with van der Waals surface area (Å²) in [6.45, 7) is 1.47. The predicted molar refractivity (Wildman–Crippen MR) is 57.5 cm³/mol. The Morgan fingerprint density at radius 2 is 2.24 bits per heavy atom. The van der Waals surface area contributed by atoms with Crippen molar-refractivity contribution in [2.24, 2.45) is 5.73 Å². The zero-order valence-electron chi connectivity index (χ0n) is 9.67. The van der Waals surface area contributed by atoms with Gasteiger partial charge in [-0.15, -0.1) is 0 Å². The molecule has 0 aliphatic rings. The molecule has 0 atom stereocenters. The van der Waals surface area contributed by atoms with E-state index in [-0.39, 0.29) is 24.2 Å². The zero-order valence-corrected chi connectivity index (χ0v) is 9.67. The van der Waals surface area contributed by atoms with Crippen molar-refractivity contribution >= 4 is 5.97 Å².